The van der Waals surface area contributed by atoms with Crippen LogP contribution in [0, 0.1) is 6.92 Å². The number of rotatable bonds is 1. The van der Waals surface area contributed by atoms with Gasteiger partial charge in [-0.25, -0.2) is 9.97 Å². The van der Waals surface area contributed by atoms with E-state index in [9.17, 15) is 13.2 Å². The zero-order valence-electron chi connectivity index (χ0n) is 8.75. The zero-order valence-corrected chi connectivity index (χ0v) is 9.56. The van der Waals surface area contributed by atoms with E-state index in [4.69, 9.17) is 5.73 Å². The maximum absolute atomic E-state index is 12.4. The average Bonchev–Trinajstić information content (AvgIpc) is 2.63. The molecule has 2 heterocycles. The minimum Gasteiger partial charge on any atom is -0.375 e. The fourth-order valence-corrected chi connectivity index (χ4v) is 1.96. The first kappa shape index (κ1) is 11.8. The first-order chi connectivity index (χ1) is 7.88. The summed E-state index contributed by atoms with van der Waals surface area (Å²) in [6, 6.07) is 2.30. The van der Waals surface area contributed by atoms with Gasteiger partial charge in [0.05, 0.1) is 5.69 Å². The van der Waals surface area contributed by atoms with Gasteiger partial charge in [0.2, 0.25) is 0 Å². The Labute approximate surface area is 99.1 Å². The van der Waals surface area contributed by atoms with E-state index in [2.05, 4.69) is 9.97 Å². The van der Waals surface area contributed by atoms with Crippen molar-refractivity contribution in [3.05, 3.63) is 28.9 Å². The molecule has 0 fully saturated rings. The maximum atomic E-state index is 12.4. The monoisotopic (exact) mass is 259 g/mol. The molecule has 90 valence electrons. The first-order valence-corrected chi connectivity index (χ1v) is 5.52. The summed E-state index contributed by atoms with van der Waals surface area (Å²) < 4.78 is 37.2. The van der Waals surface area contributed by atoms with E-state index in [-0.39, 0.29) is 5.69 Å². The van der Waals surface area contributed by atoms with E-state index in [1.807, 2.05) is 0 Å². The van der Waals surface area contributed by atoms with Crippen LogP contribution in [-0.2, 0) is 6.18 Å². The highest BCUT2D eigenvalue weighted by Gasteiger charge is 2.32. The summed E-state index contributed by atoms with van der Waals surface area (Å²) in [4.78, 5) is 7.54. The van der Waals surface area contributed by atoms with Gasteiger partial charge in [-0.15, -0.1) is 11.3 Å². The molecular weight excluding hydrogens is 251 g/mol. The van der Waals surface area contributed by atoms with E-state index in [0.717, 1.165) is 6.07 Å². The summed E-state index contributed by atoms with van der Waals surface area (Å²) in [5.41, 5.74) is 5.96. The summed E-state index contributed by atoms with van der Waals surface area (Å²) in [7, 11) is 0. The van der Waals surface area contributed by atoms with Gasteiger partial charge in [-0.05, 0) is 19.1 Å². The van der Waals surface area contributed by atoms with Crippen LogP contribution in [0.2, 0.25) is 0 Å². The third kappa shape index (κ3) is 2.38. The lowest BCUT2D eigenvalue weighted by molar-refractivity contribution is -0.141. The zero-order chi connectivity index (χ0) is 12.6. The number of nitrogen functional groups attached to an aromatic ring is 1. The fourth-order valence-electron chi connectivity index (χ4n) is 1.40. The van der Waals surface area contributed by atoms with Crippen LogP contribution < -0.4 is 5.73 Å². The van der Waals surface area contributed by atoms with Gasteiger partial charge in [0.15, 0.2) is 5.13 Å². The summed E-state index contributed by atoms with van der Waals surface area (Å²) >= 11 is 1.23. The molecule has 0 aliphatic rings. The number of aryl methyl sites for hydroxylation is 1. The highest BCUT2D eigenvalue weighted by atomic mass is 32.1. The molecule has 0 amide bonds. The maximum Gasteiger partial charge on any atom is 0.433 e. The third-order valence-electron chi connectivity index (χ3n) is 2.17. The van der Waals surface area contributed by atoms with E-state index >= 15 is 0 Å². The Morgan fingerprint density at radius 3 is 2.41 bits per heavy atom. The minimum atomic E-state index is -4.43. The molecule has 0 saturated heterocycles. The molecule has 3 nitrogen and oxygen atoms in total. The van der Waals surface area contributed by atoms with Gasteiger partial charge in [0.25, 0.3) is 0 Å². The van der Waals surface area contributed by atoms with E-state index in [1.165, 1.54) is 24.3 Å². The van der Waals surface area contributed by atoms with Gasteiger partial charge in [-0.2, -0.15) is 13.2 Å². The van der Waals surface area contributed by atoms with Crippen LogP contribution in [0.4, 0.5) is 18.3 Å². The van der Waals surface area contributed by atoms with Crippen molar-refractivity contribution < 1.29 is 13.2 Å². The summed E-state index contributed by atoms with van der Waals surface area (Å²) in [6.07, 6.45) is -4.43. The number of nitrogens with two attached hydrogens (primary N) is 1. The third-order valence-corrected chi connectivity index (χ3v) is 2.85. The number of aromatic nitrogens is 2. The van der Waals surface area contributed by atoms with Crippen LogP contribution in [0.15, 0.2) is 17.5 Å². The van der Waals surface area contributed by atoms with Crippen LogP contribution in [0.25, 0.3) is 11.3 Å². The topological polar surface area (TPSA) is 51.8 Å². The lowest BCUT2D eigenvalue weighted by Gasteiger charge is -2.08. The molecule has 0 unspecified atom stereocenters. The quantitative estimate of drug-likeness (QED) is 0.856. The summed E-state index contributed by atoms with van der Waals surface area (Å²) in [5.74, 6) is 0. The minimum absolute atomic E-state index is 0.283. The van der Waals surface area contributed by atoms with E-state index < -0.39 is 11.9 Å². The predicted octanol–water partition coefficient (Wildman–Crippen LogP) is 3.11. The number of hydrogen-bond acceptors (Lipinski definition) is 4. The van der Waals surface area contributed by atoms with Crippen LogP contribution in [0.1, 0.15) is 11.4 Å². The van der Waals surface area contributed by atoms with Crippen LogP contribution in [0.3, 0.4) is 0 Å². The number of thiazole rings is 1. The molecule has 0 saturated carbocycles. The van der Waals surface area contributed by atoms with Crippen LogP contribution in [-0.4, -0.2) is 9.97 Å². The molecule has 7 heteroatoms. The van der Waals surface area contributed by atoms with Crippen LogP contribution >= 0.6 is 11.3 Å². The molecule has 17 heavy (non-hydrogen) atoms. The number of alkyl halides is 3. The fraction of sp³-hybridized carbons (Fsp3) is 0.200. The highest BCUT2D eigenvalue weighted by molar-refractivity contribution is 7.13. The molecule has 0 aliphatic heterocycles. The molecule has 2 N–H and O–H groups in total. The smallest absolute Gasteiger partial charge is 0.375 e. The molecular formula is C10H8F3N3S. The molecule has 0 atom stereocenters. The second-order valence-corrected chi connectivity index (χ2v) is 4.29. The molecule has 0 aromatic carbocycles. The summed E-state index contributed by atoms with van der Waals surface area (Å²) in [6.45, 7) is 1.51. The Morgan fingerprint density at radius 2 is 1.94 bits per heavy atom. The van der Waals surface area contributed by atoms with Crippen molar-refractivity contribution in [3.8, 4) is 11.3 Å². The molecule has 0 radical (unpaired) electrons. The van der Waals surface area contributed by atoms with Crippen molar-refractivity contribution in [2.45, 2.75) is 13.1 Å². The molecule has 2 aromatic heterocycles. The lowest BCUT2D eigenvalue weighted by Crippen LogP contribution is -2.08. The average molecular weight is 259 g/mol. The lowest BCUT2D eigenvalue weighted by atomic mass is 10.1. The number of nitrogens with zero attached hydrogens (tertiary/aromatic N) is 2. The van der Waals surface area contributed by atoms with Crippen molar-refractivity contribution >= 4 is 16.5 Å². The van der Waals surface area contributed by atoms with Gasteiger partial charge in [-0.3, -0.25) is 0 Å². The number of halogens is 3. The Hall–Kier alpha value is -1.63. The van der Waals surface area contributed by atoms with Gasteiger partial charge < -0.3 is 5.73 Å². The standard InChI is InChI=1S/C10H8F3N3S/c1-5-6(7-4-17-9(14)16-7)2-3-8(15-5)10(11,12)13/h2-4H,1H3,(H2,14,16). The Balaban J connectivity index is 2.45. The largest absolute Gasteiger partial charge is 0.433 e. The number of pyridine rings is 1. The SMILES string of the molecule is Cc1nc(C(F)(F)F)ccc1-c1csc(N)n1. The van der Waals surface area contributed by atoms with Crippen molar-refractivity contribution in [1.82, 2.24) is 9.97 Å². The normalized spacial score (nSPS) is 11.8. The Bertz CT molecular complexity index is 548. The van der Waals surface area contributed by atoms with Crippen molar-refractivity contribution in [2.75, 3.05) is 5.73 Å². The predicted molar refractivity (Wildman–Crippen MR) is 59.5 cm³/mol. The summed E-state index contributed by atoms with van der Waals surface area (Å²) in [5, 5.41) is 2.06. The van der Waals surface area contributed by atoms with Gasteiger partial charge in [-0.1, -0.05) is 0 Å². The molecule has 2 rings (SSSR count). The molecule has 0 spiro atoms. The second kappa shape index (κ2) is 3.99. The molecule has 0 bridgehead atoms. The molecule has 2 aromatic rings. The van der Waals surface area contributed by atoms with Crippen molar-refractivity contribution in [2.24, 2.45) is 0 Å². The highest BCUT2D eigenvalue weighted by Crippen LogP contribution is 2.31. The van der Waals surface area contributed by atoms with Crippen LogP contribution in [0.5, 0.6) is 0 Å². The number of hydrogen-bond donors (Lipinski definition) is 1. The van der Waals surface area contributed by atoms with Crippen molar-refractivity contribution in [1.29, 1.82) is 0 Å². The molecule has 0 aliphatic carbocycles. The van der Waals surface area contributed by atoms with Crippen molar-refractivity contribution in [3.63, 3.8) is 0 Å². The van der Waals surface area contributed by atoms with Gasteiger partial charge in [0, 0.05) is 16.6 Å². The first-order valence-electron chi connectivity index (χ1n) is 4.64. The number of anilines is 1. The Morgan fingerprint density at radius 1 is 1.24 bits per heavy atom. The van der Waals surface area contributed by atoms with Gasteiger partial charge >= 0.3 is 6.18 Å². The Kier molecular flexibility index (Phi) is 2.78. The van der Waals surface area contributed by atoms with E-state index in [0.29, 0.717) is 16.4 Å². The van der Waals surface area contributed by atoms with E-state index in [1.54, 1.807) is 5.38 Å². The van der Waals surface area contributed by atoms with Gasteiger partial charge in [0.1, 0.15) is 5.69 Å². The second-order valence-electron chi connectivity index (χ2n) is 3.40.